The normalized spacial score (nSPS) is 11.9. The zero-order valence-electron chi connectivity index (χ0n) is 21.7. The van der Waals surface area contributed by atoms with Gasteiger partial charge in [-0.15, -0.1) is 0 Å². The van der Waals surface area contributed by atoms with Crippen molar-refractivity contribution in [1.29, 1.82) is 0 Å². The Balaban J connectivity index is 1.57. The third-order valence-corrected chi connectivity index (χ3v) is 8.50. The molecule has 0 aliphatic rings. The lowest BCUT2D eigenvalue weighted by atomic mass is 9.86. The molecule has 4 heteroatoms. The molecule has 0 aromatic heterocycles. The second-order valence-corrected chi connectivity index (χ2v) is 10.6. The van der Waals surface area contributed by atoms with Crippen molar-refractivity contribution in [1.82, 2.24) is 0 Å². The molecule has 0 radical (unpaired) electrons. The molecule has 190 valence electrons. The number of anilines is 4. The summed E-state index contributed by atoms with van der Waals surface area (Å²) < 4.78 is 0. The van der Waals surface area contributed by atoms with Crippen molar-refractivity contribution >= 4 is 87.4 Å². The minimum Gasteiger partial charge on any atom is -0.397 e. The molecule has 0 aliphatic heterocycles. The summed E-state index contributed by atoms with van der Waals surface area (Å²) in [5.74, 6) is 0. The standard InChI is InChI=1S/C36H26N4/c37-31-18-29(26-16-15-23-20-8-2-1-7-19(20)13-14-25(23)32(26)35(31)39)28-17-30-22-10-4-6-12-27(22)34(38)36(40)33(30)24-11-5-3-9-21(24)28/h1-18H,37-40H2. The summed E-state index contributed by atoms with van der Waals surface area (Å²) in [5, 5.41) is 12.9. The monoisotopic (exact) mass is 514 g/mol. The Hall–Kier alpha value is -5.48. The summed E-state index contributed by atoms with van der Waals surface area (Å²) in [7, 11) is 0. The van der Waals surface area contributed by atoms with Crippen LogP contribution in [0.1, 0.15) is 0 Å². The minimum absolute atomic E-state index is 0.564. The van der Waals surface area contributed by atoms with Crippen LogP contribution in [0.2, 0.25) is 0 Å². The van der Waals surface area contributed by atoms with Crippen LogP contribution in [-0.2, 0) is 0 Å². The summed E-state index contributed by atoms with van der Waals surface area (Å²) in [5.41, 5.74) is 31.2. The van der Waals surface area contributed by atoms with Gasteiger partial charge in [0.25, 0.3) is 0 Å². The number of fused-ring (bicyclic) bond motifs is 10. The predicted octanol–water partition coefficient (Wildman–Crippen LogP) is 8.60. The van der Waals surface area contributed by atoms with Gasteiger partial charge in [-0.3, -0.25) is 0 Å². The Morgan fingerprint density at radius 3 is 1.65 bits per heavy atom. The lowest BCUT2D eigenvalue weighted by Crippen LogP contribution is -2.00. The Bertz CT molecular complexity index is 2370. The van der Waals surface area contributed by atoms with Crippen molar-refractivity contribution < 1.29 is 0 Å². The van der Waals surface area contributed by atoms with Gasteiger partial charge < -0.3 is 22.9 Å². The summed E-state index contributed by atoms with van der Waals surface area (Å²) in [6.07, 6.45) is 0. The largest absolute Gasteiger partial charge is 0.397 e. The molecule has 4 nitrogen and oxygen atoms in total. The van der Waals surface area contributed by atoms with Crippen LogP contribution < -0.4 is 22.9 Å². The molecule has 8 rings (SSSR count). The van der Waals surface area contributed by atoms with Gasteiger partial charge in [0.05, 0.1) is 22.7 Å². The van der Waals surface area contributed by atoms with Gasteiger partial charge in [-0.2, -0.15) is 0 Å². The number of rotatable bonds is 1. The molecule has 0 unspecified atom stereocenters. The fraction of sp³-hybridized carbons (Fsp3) is 0. The van der Waals surface area contributed by atoms with Crippen molar-refractivity contribution in [3.05, 3.63) is 109 Å². The van der Waals surface area contributed by atoms with E-state index in [1.165, 1.54) is 10.8 Å². The first-order valence-corrected chi connectivity index (χ1v) is 13.4. The van der Waals surface area contributed by atoms with Crippen LogP contribution in [0.4, 0.5) is 22.7 Å². The van der Waals surface area contributed by atoms with Crippen molar-refractivity contribution in [2.75, 3.05) is 22.9 Å². The van der Waals surface area contributed by atoms with Gasteiger partial charge in [-0.25, -0.2) is 0 Å². The smallest absolute Gasteiger partial charge is 0.0640 e. The zero-order chi connectivity index (χ0) is 27.1. The van der Waals surface area contributed by atoms with E-state index in [-0.39, 0.29) is 0 Å². The first kappa shape index (κ1) is 22.5. The first-order chi connectivity index (χ1) is 19.5. The molecule has 0 atom stereocenters. The Morgan fingerprint density at radius 1 is 0.325 bits per heavy atom. The van der Waals surface area contributed by atoms with Crippen LogP contribution >= 0.6 is 0 Å². The number of nitrogens with two attached hydrogens (primary N) is 4. The van der Waals surface area contributed by atoms with Crippen LogP contribution in [0.15, 0.2) is 109 Å². The molecular weight excluding hydrogens is 488 g/mol. The number of hydrogen-bond acceptors (Lipinski definition) is 4. The van der Waals surface area contributed by atoms with Gasteiger partial charge in [0, 0.05) is 16.2 Å². The van der Waals surface area contributed by atoms with E-state index in [2.05, 4.69) is 78.9 Å². The fourth-order valence-corrected chi connectivity index (χ4v) is 6.61. The van der Waals surface area contributed by atoms with Crippen molar-refractivity contribution in [2.24, 2.45) is 0 Å². The average molecular weight is 515 g/mol. The molecule has 0 aliphatic carbocycles. The SMILES string of the molecule is Nc1cc(-c2cc3c4ccccc4c(N)c(N)c3c3ccccc23)c2ccc3c4ccccc4ccc3c2c1N. The summed E-state index contributed by atoms with van der Waals surface area (Å²) in [6.45, 7) is 0. The topological polar surface area (TPSA) is 104 Å². The van der Waals surface area contributed by atoms with Crippen LogP contribution in [0.5, 0.6) is 0 Å². The van der Waals surface area contributed by atoms with E-state index >= 15 is 0 Å². The van der Waals surface area contributed by atoms with E-state index in [4.69, 9.17) is 22.9 Å². The van der Waals surface area contributed by atoms with E-state index in [1.807, 2.05) is 30.3 Å². The molecule has 0 fully saturated rings. The van der Waals surface area contributed by atoms with Gasteiger partial charge in [-0.1, -0.05) is 97.1 Å². The molecule has 0 spiro atoms. The van der Waals surface area contributed by atoms with Crippen molar-refractivity contribution in [3.63, 3.8) is 0 Å². The fourth-order valence-electron chi connectivity index (χ4n) is 6.61. The molecule has 0 amide bonds. The van der Waals surface area contributed by atoms with Gasteiger partial charge in [0.1, 0.15) is 0 Å². The van der Waals surface area contributed by atoms with Crippen LogP contribution in [0, 0.1) is 0 Å². The predicted molar refractivity (Wildman–Crippen MR) is 175 cm³/mol. The molecular formula is C36H26N4. The van der Waals surface area contributed by atoms with E-state index in [0.29, 0.717) is 22.7 Å². The quantitative estimate of drug-likeness (QED) is 0.1000. The van der Waals surface area contributed by atoms with E-state index < -0.39 is 0 Å². The summed E-state index contributed by atoms with van der Waals surface area (Å²) >= 11 is 0. The maximum Gasteiger partial charge on any atom is 0.0640 e. The lowest BCUT2D eigenvalue weighted by molar-refractivity contribution is 1.69. The molecule has 0 bridgehead atoms. The van der Waals surface area contributed by atoms with Crippen LogP contribution in [0.3, 0.4) is 0 Å². The maximum atomic E-state index is 6.73. The Morgan fingerprint density at radius 2 is 0.850 bits per heavy atom. The van der Waals surface area contributed by atoms with Gasteiger partial charge in [0.2, 0.25) is 0 Å². The van der Waals surface area contributed by atoms with Gasteiger partial charge in [-0.05, 0) is 71.7 Å². The molecule has 8 aromatic carbocycles. The summed E-state index contributed by atoms with van der Waals surface area (Å²) in [6, 6.07) is 37.9. The van der Waals surface area contributed by atoms with Gasteiger partial charge in [0.15, 0.2) is 0 Å². The molecule has 8 N–H and O–H groups in total. The third-order valence-electron chi connectivity index (χ3n) is 8.50. The highest BCUT2D eigenvalue weighted by Gasteiger charge is 2.19. The highest BCUT2D eigenvalue weighted by molar-refractivity contribution is 6.30. The average Bonchev–Trinajstić information content (AvgIpc) is 3.00. The lowest BCUT2D eigenvalue weighted by Gasteiger charge is -2.19. The summed E-state index contributed by atoms with van der Waals surface area (Å²) in [4.78, 5) is 0. The molecule has 0 saturated carbocycles. The number of benzene rings is 8. The maximum absolute atomic E-state index is 6.73. The Kier molecular flexibility index (Phi) is 4.51. The van der Waals surface area contributed by atoms with E-state index in [0.717, 1.165) is 65.0 Å². The minimum atomic E-state index is 0.564. The number of hydrogen-bond donors (Lipinski definition) is 4. The molecule has 8 aromatic rings. The molecule has 40 heavy (non-hydrogen) atoms. The third kappa shape index (κ3) is 2.90. The highest BCUT2D eigenvalue weighted by atomic mass is 14.7. The van der Waals surface area contributed by atoms with Crippen LogP contribution in [-0.4, -0.2) is 0 Å². The molecule has 0 saturated heterocycles. The number of nitrogen functional groups attached to an aromatic ring is 4. The highest BCUT2D eigenvalue weighted by Crippen LogP contribution is 2.47. The van der Waals surface area contributed by atoms with Gasteiger partial charge >= 0.3 is 0 Å². The van der Waals surface area contributed by atoms with E-state index in [1.54, 1.807) is 0 Å². The Labute approximate surface area is 230 Å². The second-order valence-electron chi connectivity index (χ2n) is 10.6. The van der Waals surface area contributed by atoms with E-state index in [9.17, 15) is 0 Å². The van der Waals surface area contributed by atoms with Crippen LogP contribution in [0.25, 0.3) is 75.8 Å². The van der Waals surface area contributed by atoms with Crippen molar-refractivity contribution in [2.45, 2.75) is 0 Å². The first-order valence-electron chi connectivity index (χ1n) is 13.4. The molecule has 0 heterocycles. The zero-order valence-corrected chi connectivity index (χ0v) is 21.7. The van der Waals surface area contributed by atoms with Crippen molar-refractivity contribution in [3.8, 4) is 11.1 Å². The second kappa shape index (κ2) is 8.01.